The van der Waals surface area contributed by atoms with Gasteiger partial charge in [-0.15, -0.1) is 0 Å². The average molecular weight is 252 g/mol. The van der Waals surface area contributed by atoms with E-state index in [1.807, 2.05) is 0 Å². The second kappa shape index (κ2) is 5.48. The summed E-state index contributed by atoms with van der Waals surface area (Å²) in [7, 11) is 0. The van der Waals surface area contributed by atoms with Gasteiger partial charge >= 0.3 is 6.18 Å². The molecule has 0 radical (unpaired) electrons. The summed E-state index contributed by atoms with van der Waals surface area (Å²) in [5.74, 6) is -1.49. The van der Waals surface area contributed by atoms with Gasteiger partial charge in [0, 0.05) is 12.8 Å². The van der Waals surface area contributed by atoms with Crippen LogP contribution in [0.25, 0.3) is 0 Å². The number of rotatable bonds is 3. The number of hydrogen-bond donors (Lipinski definition) is 1. The molecule has 1 heterocycles. The Morgan fingerprint density at radius 1 is 1.18 bits per heavy atom. The van der Waals surface area contributed by atoms with E-state index >= 15 is 0 Å². The maximum atomic E-state index is 12.8. The van der Waals surface area contributed by atoms with Crippen molar-refractivity contribution in [1.29, 1.82) is 0 Å². The molecule has 0 aromatic rings. The van der Waals surface area contributed by atoms with Crippen LogP contribution in [0.2, 0.25) is 0 Å². The lowest BCUT2D eigenvalue weighted by Gasteiger charge is -2.30. The number of nitrogens with zero attached hydrogens (tertiary/aromatic N) is 1. The third-order valence-electron chi connectivity index (χ3n) is 2.70. The summed E-state index contributed by atoms with van der Waals surface area (Å²) in [5, 5.41) is 0. The summed E-state index contributed by atoms with van der Waals surface area (Å²) < 4.78 is 38.3. The second-order valence-electron chi connectivity index (χ2n) is 4.00. The van der Waals surface area contributed by atoms with Gasteiger partial charge in [0.05, 0.1) is 0 Å². The highest BCUT2D eigenvalue weighted by molar-refractivity contribution is 5.96. The zero-order chi connectivity index (χ0) is 13.1. The normalized spacial score (nSPS) is 20.4. The van der Waals surface area contributed by atoms with Gasteiger partial charge in [0.2, 0.25) is 11.8 Å². The van der Waals surface area contributed by atoms with E-state index in [0.29, 0.717) is 17.7 Å². The topological polar surface area (TPSA) is 63.4 Å². The summed E-state index contributed by atoms with van der Waals surface area (Å²) >= 11 is 0. The molecule has 1 aliphatic heterocycles. The molecule has 7 heteroatoms. The monoisotopic (exact) mass is 252 g/mol. The van der Waals surface area contributed by atoms with Crippen molar-refractivity contribution in [3.8, 4) is 0 Å². The molecule has 17 heavy (non-hydrogen) atoms. The molecule has 0 aromatic carbocycles. The number of carbonyl (C=O) groups excluding carboxylic acids is 2. The smallest absolute Gasteiger partial charge is 0.330 e. The van der Waals surface area contributed by atoms with Crippen molar-refractivity contribution in [2.75, 3.05) is 6.54 Å². The van der Waals surface area contributed by atoms with Gasteiger partial charge in [-0.25, -0.2) is 0 Å². The first-order chi connectivity index (χ1) is 7.88. The van der Waals surface area contributed by atoms with E-state index in [0.717, 1.165) is 0 Å². The average Bonchev–Trinajstić information content (AvgIpc) is 2.36. The number of imide groups is 1. The summed E-state index contributed by atoms with van der Waals surface area (Å²) in [5.41, 5.74) is 5.11. The standard InChI is InChI=1S/C10H15F3N2O2/c11-10(12,13)7(5-6-14)15-8(16)3-1-2-4-9(15)17/h7H,1-6,14H2. The van der Waals surface area contributed by atoms with Gasteiger partial charge in [0.15, 0.2) is 0 Å². The molecule has 0 bridgehead atoms. The van der Waals surface area contributed by atoms with Gasteiger partial charge < -0.3 is 5.73 Å². The minimum absolute atomic E-state index is 0.0110. The molecular weight excluding hydrogens is 237 g/mol. The van der Waals surface area contributed by atoms with Crippen LogP contribution in [0, 0.1) is 0 Å². The number of likely N-dealkylation sites (tertiary alicyclic amines) is 1. The molecule has 98 valence electrons. The first kappa shape index (κ1) is 14.0. The lowest BCUT2D eigenvalue weighted by molar-refractivity contribution is -0.194. The molecule has 1 unspecified atom stereocenters. The molecule has 1 atom stereocenters. The van der Waals surface area contributed by atoms with E-state index in [1.165, 1.54) is 0 Å². The summed E-state index contributed by atoms with van der Waals surface area (Å²) in [6, 6.07) is -2.08. The maximum absolute atomic E-state index is 12.8. The first-order valence-corrected chi connectivity index (χ1v) is 5.49. The van der Waals surface area contributed by atoms with Crippen molar-refractivity contribution in [1.82, 2.24) is 4.90 Å². The van der Waals surface area contributed by atoms with E-state index in [-0.39, 0.29) is 19.4 Å². The highest BCUT2D eigenvalue weighted by atomic mass is 19.4. The highest BCUT2D eigenvalue weighted by Crippen LogP contribution is 2.29. The Morgan fingerprint density at radius 3 is 2.00 bits per heavy atom. The van der Waals surface area contributed by atoms with Crippen molar-refractivity contribution in [2.24, 2.45) is 5.73 Å². The van der Waals surface area contributed by atoms with Gasteiger partial charge in [-0.2, -0.15) is 13.2 Å². The van der Waals surface area contributed by atoms with Crippen molar-refractivity contribution in [3.63, 3.8) is 0 Å². The number of hydrogen-bond acceptors (Lipinski definition) is 3. The summed E-state index contributed by atoms with van der Waals surface area (Å²) in [6.45, 7) is -0.221. The molecular formula is C10H15F3N2O2. The minimum atomic E-state index is -4.62. The number of nitrogens with two attached hydrogens (primary N) is 1. The Kier molecular flexibility index (Phi) is 4.50. The molecule has 1 rings (SSSR count). The van der Waals surface area contributed by atoms with Crippen LogP contribution in [-0.2, 0) is 9.59 Å². The van der Waals surface area contributed by atoms with E-state index in [2.05, 4.69) is 0 Å². The zero-order valence-electron chi connectivity index (χ0n) is 9.29. The predicted molar refractivity (Wildman–Crippen MR) is 53.8 cm³/mol. The van der Waals surface area contributed by atoms with Crippen molar-refractivity contribution < 1.29 is 22.8 Å². The molecule has 1 aliphatic rings. The number of alkyl halides is 3. The van der Waals surface area contributed by atoms with Crippen LogP contribution in [0.5, 0.6) is 0 Å². The molecule has 4 nitrogen and oxygen atoms in total. The third-order valence-corrected chi connectivity index (χ3v) is 2.70. The van der Waals surface area contributed by atoms with Gasteiger partial charge in [-0.05, 0) is 25.8 Å². The van der Waals surface area contributed by atoms with Crippen LogP contribution in [0.15, 0.2) is 0 Å². The highest BCUT2D eigenvalue weighted by Gasteiger charge is 2.47. The predicted octanol–water partition coefficient (Wildman–Crippen LogP) is 1.20. The molecule has 0 aromatic heterocycles. The number of halogens is 3. The van der Waals surface area contributed by atoms with Crippen molar-refractivity contribution >= 4 is 11.8 Å². The van der Waals surface area contributed by atoms with E-state index < -0.39 is 30.5 Å². The quantitative estimate of drug-likeness (QED) is 0.767. The van der Waals surface area contributed by atoms with E-state index in [4.69, 9.17) is 5.73 Å². The van der Waals surface area contributed by atoms with E-state index in [9.17, 15) is 22.8 Å². The Bertz CT molecular complexity index is 286. The fourth-order valence-electron chi connectivity index (χ4n) is 1.88. The van der Waals surface area contributed by atoms with Gasteiger partial charge in [-0.1, -0.05) is 0 Å². The Morgan fingerprint density at radius 2 is 1.65 bits per heavy atom. The lowest BCUT2D eigenvalue weighted by Crippen LogP contribution is -2.51. The molecule has 0 spiro atoms. The minimum Gasteiger partial charge on any atom is -0.330 e. The number of amides is 2. The van der Waals surface area contributed by atoms with Gasteiger partial charge in [-0.3, -0.25) is 14.5 Å². The van der Waals surface area contributed by atoms with Crippen LogP contribution in [0.4, 0.5) is 13.2 Å². The Hall–Kier alpha value is -1.11. The number of carbonyl (C=O) groups is 2. The van der Waals surface area contributed by atoms with E-state index in [1.54, 1.807) is 0 Å². The largest absolute Gasteiger partial charge is 0.409 e. The molecule has 1 saturated heterocycles. The molecule has 2 amide bonds. The van der Waals surface area contributed by atoms with Gasteiger partial charge in [0.25, 0.3) is 0 Å². The SMILES string of the molecule is NCCC(N1C(=O)CCCCC1=O)C(F)(F)F. The molecule has 1 fully saturated rings. The van der Waals surface area contributed by atoms with Crippen LogP contribution >= 0.6 is 0 Å². The van der Waals surface area contributed by atoms with Crippen LogP contribution in [0.3, 0.4) is 0 Å². The Labute approximate surface area is 96.9 Å². The molecule has 0 saturated carbocycles. The van der Waals surface area contributed by atoms with Crippen molar-refractivity contribution in [2.45, 2.75) is 44.3 Å². The lowest BCUT2D eigenvalue weighted by atomic mass is 10.1. The summed E-state index contributed by atoms with van der Waals surface area (Å²) in [6.07, 6.45) is -4.18. The zero-order valence-corrected chi connectivity index (χ0v) is 9.29. The van der Waals surface area contributed by atoms with Crippen LogP contribution < -0.4 is 5.73 Å². The van der Waals surface area contributed by atoms with Crippen LogP contribution in [0.1, 0.15) is 32.1 Å². The Balaban J connectivity index is 2.96. The molecule has 2 N–H and O–H groups in total. The third kappa shape index (κ3) is 3.42. The molecule has 0 aliphatic carbocycles. The second-order valence-corrected chi connectivity index (χ2v) is 4.00. The fourth-order valence-corrected chi connectivity index (χ4v) is 1.88. The first-order valence-electron chi connectivity index (χ1n) is 5.49. The maximum Gasteiger partial charge on any atom is 0.409 e. The summed E-state index contributed by atoms with van der Waals surface area (Å²) in [4.78, 5) is 23.5. The van der Waals surface area contributed by atoms with Crippen LogP contribution in [-0.4, -0.2) is 35.5 Å². The van der Waals surface area contributed by atoms with Crippen molar-refractivity contribution in [3.05, 3.63) is 0 Å². The van der Waals surface area contributed by atoms with Gasteiger partial charge in [0.1, 0.15) is 6.04 Å². The fraction of sp³-hybridized carbons (Fsp3) is 0.800.